The van der Waals surface area contributed by atoms with Crippen molar-refractivity contribution in [3.63, 3.8) is 0 Å². The minimum Gasteiger partial charge on any atom is -0.440 e. The highest BCUT2D eigenvalue weighted by atomic mass is 32.2. The molecule has 3 heterocycles. The molecule has 0 saturated carbocycles. The lowest BCUT2D eigenvalue weighted by Crippen LogP contribution is -2.08. The van der Waals surface area contributed by atoms with E-state index in [1.807, 2.05) is 31.4 Å². The van der Waals surface area contributed by atoms with Gasteiger partial charge < -0.3 is 14.1 Å². The minimum absolute atomic E-state index is 0.607. The number of rotatable bonds is 4. The number of hydrogen-bond acceptors (Lipinski definition) is 5. The van der Waals surface area contributed by atoms with Crippen molar-refractivity contribution in [2.75, 3.05) is 7.05 Å². The quantitative estimate of drug-likeness (QED) is 0.779. The normalized spacial score (nSPS) is 11.2. The first-order chi connectivity index (χ1) is 8.88. The Labute approximate surface area is 108 Å². The molecule has 0 bridgehead atoms. The molecule has 1 N–H and O–H groups in total. The third-order valence-corrected chi connectivity index (χ3v) is 3.43. The van der Waals surface area contributed by atoms with Gasteiger partial charge in [-0.1, -0.05) is 6.07 Å². The number of imidazole rings is 1. The highest BCUT2D eigenvalue weighted by molar-refractivity contribution is 7.99. The fraction of sp³-hybridized carbons (Fsp3) is 0.167. The number of aromatic nitrogens is 3. The van der Waals surface area contributed by atoms with Crippen LogP contribution in [0.3, 0.4) is 0 Å². The van der Waals surface area contributed by atoms with Gasteiger partial charge in [-0.05, 0) is 30.9 Å². The summed E-state index contributed by atoms with van der Waals surface area (Å²) in [6.45, 7) is 0.744. The molecule has 0 aliphatic heterocycles. The lowest BCUT2D eigenvalue weighted by molar-refractivity contribution is 0.454. The lowest BCUT2D eigenvalue weighted by atomic mass is 10.4. The largest absolute Gasteiger partial charge is 0.440 e. The first-order valence-corrected chi connectivity index (χ1v) is 6.38. The van der Waals surface area contributed by atoms with Gasteiger partial charge in [0.2, 0.25) is 0 Å². The third kappa shape index (κ3) is 2.00. The first kappa shape index (κ1) is 11.3. The van der Waals surface area contributed by atoms with Crippen LogP contribution >= 0.6 is 11.8 Å². The molecule has 3 rings (SSSR count). The van der Waals surface area contributed by atoms with E-state index in [0.29, 0.717) is 5.22 Å². The van der Waals surface area contributed by atoms with Crippen LogP contribution in [0, 0.1) is 0 Å². The molecule has 0 fully saturated rings. The Morgan fingerprint density at radius 2 is 2.39 bits per heavy atom. The van der Waals surface area contributed by atoms with Crippen LogP contribution in [0.1, 0.15) is 5.69 Å². The predicted molar refractivity (Wildman–Crippen MR) is 68.6 cm³/mol. The van der Waals surface area contributed by atoms with Crippen molar-refractivity contribution >= 4 is 17.4 Å². The maximum absolute atomic E-state index is 5.25. The molecule has 0 amide bonds. The van der Waals surface area contributed by atoms with Gasteiger partial charge in [0.05, 0.1) is 11.9 Å². The molecule has 18 heavy (non-hydrogen) atoms. The van der Waals surface area contributed by atoms with E-state index in [4.69, 9.17) is 4.42 Å². The summed E-state index contributed by atoms with van der Waals surface area (Å²) in [6.07, 6.45) is 5.21. The Morgan fingerprint density at radius 1 is 1.44 bits per heavy atom. The predicted octanol–water partition coefficient (Wildman–Crippen LogP) is 2.19. The van der Waals surface area contributed by atoms with Crippen LogP contribution in [0.15, 0.2) is 51.5 Å². The van der Waals surface area contributed by atoms with E-state index in [9.17, 15) is 0 Å². The molecular formula is C12H12N4OS. The van der Waals surface area contributed by atoms with Crippen molar-refractivity contribution in [2.24, 2.45) is 0 Å². The monoisotopic (exact) mass is 260 g/mol. The average Bonchev–Trinajstić information content (AvgIpc) is 3.00. The van der Waals surface area contributed by atoms with Gasteiger partial charge in [-0.2, -0.15) is 0 Å². The van der Waals surface area contributed by atoms with Crippen LogP contribution in [-0.4, -0.2) is 21.4 Å². The average molecular weight is 260 g/mol. The second-order valence-corrected chi connectivity index (χ2v) is 4.66. The van der Waals surface area contributed by atoms with Gasteiger partial charge in [-0.15, -0.1) is 0 Å². The molecule has 0 aromatic carbocycles. The highest BCUT2D eigenvalue weighted by Crippen LogP contribution is 2.29. The van der Waals surface area contributed by atoms with Gasteiger partial charge >= 0.3 is 0 Å². The van der Waals surface area contributed by atoms with E-state index in [0.717, 1.165) is 22.9 Å². The number of fused-ring (bicyclic) bond motifs is 1. The Hall–Kier alpha value is -1.79. The molecule has 0 atom stereocenters. The van der Waals surface area contributed by atoms with Crippen molar-refractivity contribution in [3.8, 4) is 0 Å². The number of hydrogen-bond donors (Lipinski definition) is 1. The van der Waals surface area contributed by atoms with Crippen LogP contribution in [-0.2, 0) is 6.54 Å². The smallest absolute Gasteiger partial charge is 0.262 e. The van der Waals surface area contributed by atoms with Crippen LogP contribution in [0.2, 0.25) is 0 Å². The third-order valence-electron chi connectivity index (χ3n) is 2.53. The second kappa shape index (κ2) is 4.83. The first-order valence-electron chi connectivity index (χ1n) is 5.56. The molecule has 3 aromatic heterocycles. The summed E-state index contributed by atoms with van der Waals surface area (Å²) in [6, 6.07) is 5.96. The molecule has 6 heteroatoms. The fourth-order valence-corrected chi connectivity index (χ4v) is 2.59. The Morgan fingerprint density at radius 3 is 3.17 bits per heavy atom. The number of nitrogens with one attached hydrogen (secondary N) is 1. The lowest BCUT2D eigenvalue weighted by Gasteiger charge is -2.02. The molecular weight excluding hydrogens is 248 g/mol. The van der Waals surface area contributed by atoms with E-state index in [2.05, 4.69) is 19.7 Å². The Bertz CT molecular complexity index is 647. The summed E-state index contributed by atoms with van der Waals surface area (Å²) in [5, 5.41) is 4.68. The van der Waals surface area contributed by atoms with Crippen molar-refractivity contribution in [2.45, 2.75) is 16.8 Å². The van der Waals surface area contributed by atoms with Crippen LogP contribution in [0.4, 0.5) is 0 Å². The number of nitrogens with zero attached hydrogens (tertiary/aromatic N) is 3. The van der Waals surface area contributed by atoms with E-state index in [1.54, 1.807) is 12.5 Å². The molecule has 0 unspecified atom stereocenters. The second-order valence-electron chi connectivity index (χ2n) is 3.72. The van der Waals surface area contributed by atoms with Crippen LogP contribution in [0.25, 0.3) is 5.65 Å². The van der Waals surface area contributed by atoms with E-state index < -0.39 is 0 Å². The van der Waals surface area contributed by atoms with Crippen molar-refractivity contribution in [3.05, 3.63) is 42.5 Å². The molecule has 0 aliphatic carbocycles. The topological polar surface area (TPSA) is 55.4 Å². The fourth-order valence-electron chi connectivity index (χ4n) is 1.78. The van der Waals surface area contributed by atoms with Crippen molar-refractivity contribution in [1.82, 2.24) is 19.7 Å². The van der Waals surface area contributed by atoms with E-state index >= 15 is 0 Å². The van der Waals surface area contributed by atoms with Gasteiger partial charge in [-0.25, -0.2) is 9.97 Å². The molecule has 5 nitrogen and oxygen atoms in total. The molecule has 0 radical (unpaired) electrons. The molecule has 3 aromatic rings. The zero-order chi connectivity index (χ0) is 12.4. The summed E-state index contributed by atoms with van der Waals surface area (Å²) in [5.74, 6) is 0. The zero-order valence-electron chi connectivity index (χ0n) is 9.83. The SMILES string of the molecule is CNCc1c(Sc2ncco2)nc2ccccn12. The molecule has 0 aliphatic rings. The molecule has 0 saturated heterocycles. The van der Waals surface area contributed by atoms with Crippen molar-refractivity contribution in [1.29, 1.82) is 0 Å². The Kier molecular flexibility index (Phi) is 3.04. The Balaban J connectivity index is 2.06. The highest BCUT2D eigenvalue weighted by Gasteiger charge is 2.14. The molecule has 0 spiro atoms. The van der Waals surface area contributed by atoms with Gasteiger partial charge in [0.15, 0.2) is 0 Å². The summed E-state index contributed by atoms with van der Waals surface area (Å²) in [7, 11) is 1.92. The standard InChI is InChI=1S/C12H12N4OS/c1-13-8-9-11(18-12-14-5-7-17-12)15-10-4-2-3-6-16(9)10/h2-7,13H,8H2,1H3. The van der Waals surface area contributed by atoms with E-state index in [1.165, 1.54) is 11.8 Å². The summed E-state index contributed by atoms with van der Waals surface area (Å²) < 4.78 is 7.32. The summed E-state index contributed by atoms with van der Waals surface area (Å²) in [4.78, 5) is 8.70. The number of oxazole rings is 1. The van der Waals surface area contributed by atoms with E-state index in [-0.39, 0.29) is 0 Å². The maximum Gasteiger partial charge on any atom is 0.262 e. The van der Waals surface area contributed by atoms with Crippen LogP contribution in [0.5, 0.6) is 0 Å². The maximum atomic E-state index is 5.25. The van der Waals surface area contributed by atoms with Gasteiger partial charge in [0, 0.05) is 12.7 Å². The summed E-state index contributed by atoms with van der Waals surface area (Å²) >= 11 is 1.44. The van der Waals surface area contributed by atoms with Gasteiger partial charge in [0.25, 0.3) is 5.22 Å². The summed E-state index contributed by atoms with van der Waals surface area (Å²) in [5.41, 5.74) is 2.04. The number of pyridine rings is 1. The van der Waals surface area contributed by atoms with Crippen molar-refractivity contribution < 1.29 is 4.42 Å². The molecule has 92 valence electrons. The minimum atomic E-state index is 0.607. The van der Waals surface area contributed by atoms with Crippen LogP contribution < -0.4 is 5.32 Å². The zero-order valence-corrected chi connectivity index (χ0v) is 10.6. The van der Waals surface area contributed by atoms with Gasteiger partial charge in [0.1, 0.15) is 16.9 Å². The van der Waals surface area contributed by atoms with Gasteiger partial charge in [-0.3, -0.25) is 0 Å².